The number of anilines is 2. The first-order valence-electron chi connectivity index (χ1n) is 23.4. The number of ketones is 1. The monoisotopic (exact) mass is 1010 g/mol. The van der Waals surface area contributed by atoms with Crippen molar-refractivity contribution in [1.29, 1.82) is 0 Å². The summed E-state index contributed by atoms with van der Waals surface area (Å²) in [6.45, 7) is 13.5. The molecule has 9 atom stereocenters. The van der Waals surface area contributed by atoms with Crippen molar-refractivity contribution in [2.24, 2.45) is 28.8 Å². The molecule has 1 saturated heterocycles. The number of piperazine rings is 1. The third-order valence-electron chi connectivity index (χ3n) is 13.7. The number of carbonyl (C=O) groups is 4. The highest BCUT2D eigenvalue weighted by Crippen LogP contribution is 2.55. The fraction of sp³-hybridized carbons (Fsp3) is 0.471. The normalized spacial score (nSPS) is 28.5. The van der Waals surface area contributed by atoms with E-state index in [9.17, 15) is 57.9 Å². The second kappa shape index (κ2) is 22.0. The summed E-state index contributed by atoms with van der Waals surface area (Å²) in [5, 5.41) is 64.5. The van der Waals surface area contributed by atoms with Crippen molar-refractivity contribution in [3.05, 3.63) is 82.7 Å². The third-order valence-corrected chi connectivity index (χ3v) is 13.7. The molecular formula is C51H62F3N5O13. The number of nitrogens with one attached hydrogen (secondary N) is 2. The minimum atomic E-state index is -4.47. The lowest BCUT2D eigenvalue weighted by Gasteiger charge is -2.38. The van der Waals surface area contributed by atoms with Gasteiger partial charge >= 0.3 is 17.9 Å². The number of benzene rings is 3. The standard InChI is InChI=1S/C51H62F3N5O13/c1-25-11-10-12-26(2)49(68)56-40-34(23-55-57-36(61)24-58-18-20-59(21-19-58)33-15-13-32(14-16-33)51(52,53)54)44(65)37-38(45(40)66)43(64)30(6)47-39(37)48(67)50(8,72-47)70-22-17-35(69-9)27(3)46(71-31(7)60)29(5)42(63)28(4)41(25)62/h10-17,22-23,25,27-29,35,41-42,46,62-66H,18-21,24H2,1-9H3,(H,56,68)(H,57,61)/b11-10+,22-17+,26-12-,55-23+/t25-,27+,28+,29+,35-,41-,42+,46+,50-/m0/s1. The second-order valence-corrected chi connectivity index (χ2v) is 18.7. The average molecular weight is 1010 g/mol. The van der Waals surface area contributed by atoms with E-state index in [1.807, 2.05) is 4.90 Å². The van der Waals surface area contributed by atoms with E-state index in [0.29, 0.717) is 31.9 Å². The first kappa shape index (κ1) is 54.6. The van der Waals surface area contributed by atoms with E-state index < -0.39 is 128 Å². The van der Waals surface area contributed by atoms with E-state index in [2.05, 4.69) is 15.8 Å². The van der Waals surface area contributed by atoms with Crippen molar-refractivity contribution in [1.82, 2.24) is 10.3 Å². The summed E-state index contributed by atoms with van der Waals surface area (Å²) >= 11 is 0. The number of phenols is 3. The molecule has 0 spiro atoms. The molecule has 3 aromatic carbocycles. The van der Waals surface area contributed by atoms with E-state index >= 15 is 0 Å². The van der Waals surface area contributed by atoms with Crippen molar-refractivity contribution in [3.8, 4) is 23.0 Å². The molecule has 4 heterocycles. The molecule has 2 amide bonds. The molecule has 0 aromatic heterocycles. The Hall–Kier alpha value is -6.68. The van der Waals surface area contributed by atoms with Crippen LogP contribution >= 0.6 is 0 Å². The Balaban J connectivity index is 1.37. The molecule has 0 unspecified atom stereocenters. The lowest BCUT2D eigenvalue weighted by atomic mass is 9.78. The summed E-state index contributed by atoms with van der Waals surface area (Å²) in [4.78, 5) is 57.7. The maximum atomic E-state index is 14.5. The molecule has 4 aliphatic rings. The Labute approximate surface area is 414 Å². The number of hydrazone groups is 1. The molecule has 3 aromatic rings. The number of methoxy groups -OCH3 is 1. The summed E-state index contributed by atoms with van der Waals surface area (Å²) in [5.41, 5.74) is 1.03. The van der Waals surface area contributed by atoms with E-state index in [0.717, 1.165) is 24.6 Å². The summed E-state index contributed by atoms with van der Waals surface area (Å²) in [5.74, 6) is -10.2. The number of aromatic hydroxyl groups is 3. The predicted octanol–water partition coefficient (Wildman–Crippen LogP) is 6.05. The van der Waals surface area contributed by atoms with Crippen LogP contribution in [-0.2, 0) is 34.8 Å². The third kappa shape index (κ3) is 11.3. The molecule has 1 fully saturated rings. The Morgan fingerprint density at radius 3 is 2.19 bits per heavy atom. The molecular weight excluding hydrogens is 948 g/mol. The summed E-state index contributed by atoms with van der Waals surface area (Å²) in [6, 6.07) is 4.81. The van der Waals surface area contributed by atoms with Crippen molar-refractivity contribution in [3.63, 3.8) is 0 Å². The fourth-order valence-electron chi connectivity index (χ4n) is 9.31. The minimum Gasteiger partial charge on any atom is -0.507 e. The van der Waals surface area contributed by atoms with Gasteiger partial charge in [-0.1, -0.05) is 45.9 Å². The largest absolute Gasteiger partial charge is 0.507 e. The summed E-state index contributed by atoms with van der Waals surface area (Å²) < 4.78 is 62.8. The number of hydrogen-bond donors (Lipinski definition) is 7. The number of esters is 1. The number of alkyl halides is 3. The minimum absolute atomic E-state index is 0.0413. The van der Waals surface area contributed by atoms with E-state index in [-0.39, 0.29) is 29.0 Å². The van der Waals surface area contributed by atoms with E-state index in [4.69, 9.17) is 18.9 Å². The van der Waals surface area contributed by atoms with Crippen LogP contribution in [0.3, 0.4) is 0 Å². The van der Waals surface area contributed by atoms with Gasteiger partial charge < -0.3 is 54.7 Å². The van der Waals surface area contributed by atoms with E-state index in [1.165, 1.54) is 65.2 Å². The lowest BCUT2D eigenvalue weighted by Crippen LogP contribution is -2.49. The van der Waals surface area contributed by atoms with Gasteiger partial charge in [-0.05, 0) is 44.2 Å². The van der Waals surface area contributed by atoms with Crippen LogP contribution in [0.25, 0.3) is 10.8 Å². The topological polar surface area (TPSA) is 249 Å². The number of fused-ring (bicyclic) bond motifs is 14. The molecule has 72 heavy (non-hydrogen) atoms. The van der Waals surface area contributed by atoms with Crippen LogP contribution in [0.1, 0.15) is 75.5 Å². The molecule has 21 heteroatoms. The number of rotatable bonds is 7. The van der Waals surface area contributed by atoms with Crippen LogP contribution in [-0.4, -0.2) is 130 Å². The van der Waals surface area contributed by atoms with Crippen LogP contribution < -0.4 is 20.4 Å². The molecule has 0 radical (unpaired) electrons. The van der Waals surface area contributed by atoms with Crippen LogP contribution in [0, 0.1) is 30.6 Å². The van der Waals surface area contributed by atoms with Gasteiger partial charge in [0.15, 0.2) is 5.75 Å². The van der Waals surface area contributed by atoms with Gasteiger partial charge in [-0.3, -0.25) is 24.1 Å². The Bertz CT molecular complexity index is 2680. The van der Waals surface area contributed by atoms with Crippen LogP contribution in [0.15, 0.2) is 65.5 Å². The Morgan fingerprint density at radius 2 is 1.58 bits per heavy atom. The van der Waals surface area contributed by atoms with Gasteiger partial charge in [0, 0.05) is 93.0 Å². The average Bonchev–Trinajstić information content (AvgIpc) is 3.60. The first-order valence-corrected chi connectivity index (χ1v) is 23.4. The van der Waals surface area contributed by atoms with Gasteiger partial charge in [0.2, 0.25) is 0 Å². The highest BCUT2D eigenvalue weighted by molar-refractivity contribution is 6.24. The number of hydrogen-bond acceptors (Lipinski definition) is 16. The number of Topliss-reactive ketones (excluding diaryl/α,β-unsaturated/α-hetero) is 1. The van der Waals surface area contributed by atoms with Gasteiger partial charge in [0.1, 0.15) is 23.4 Å². The van der Waals surface area contributed by atoms with Gasteiger partial charge in [-0.25, -0.2) is 5.43 Å². The smallest absolute Gasteiger partial charge is 0.416 e. The number of ether oxygens (including phenoxy) is 4. The molecule has 390 valence electrons. The maximum absolute atomic E-state index is 14.5. The first-order chi connectivity index (χ1) is 33.8. The highest BCUT2D eigenvalue weighted by atomic mass is 19.4. The van der Waals surface area contributed by atoms with Crippen LogP contribution in [0.4, 0.5) is 24.5 Å². The molecule has 18 nitrogen and oxygen atoms in total. The lowest BCUT2D eigenvalue weighted by molar-refractivity contribution is -0.160. The zero-order valence-corrected chi connectivity index (χ0v) is 41.4. The van der Waals surface area contributed by atoms with Gasteiger partial charge in [0.05, 0.1) is 65.1 Å². The van der Waals surface area contributed by atoms with Crippen molar-refractivity contribution < 1.29 is 76.8 Å². The summed E-state index contributed by atoms with van der Waals surface area (Å²) in [7, 11) is 1.40. The molecule has 7 N–H and O–H groups in total. The van der Waals surface area contributed by atoms with Gasteiger partial charge in [-0.2, -0.15) is 18.3 Å². The van der Waals surface area contributed by atoms with Crippen LogP contribution in [0.5, 0.6) is 23.0 Å². The zero-order valence-electron chi connectivity index (χ0n) is 41.4. The van der Waals surface area contributed by atoms with Crippen molar-refractivity contribution in [2.75, 3.05) is 50.1 Å². The quantitative estimate of drug-likeness (QED) is 0.0468. The highest BCUT2D eigenvalue weighted by Gasteiger charge is 2.50. The number of carbonyl (C=O) groups excluding carboxylic acids is 4. The number of amides is 2. The number of aliphatic hydroxyl groups excluding tert-OH is 2. The molecule has 0 aliphatic carbocycles. The summed E-state index contributed by atoms with van der Waals surface area (Å²) in [6.07, 6.45) is -0.546. The predicted molar refractivity (Wildman–Crippen MR) is 260 cm³/mol. The van der Waals surface area contributed by atoms with E-state index in [1.54, 1.807) is 38.7 Å². The van der Waals surface area contributed by atoms with Gasteiger partial charge in [0.25, 0.3) is 17.6 Å². The molecule has 0 saturated carbocycles. The SMILES string of the molecule is CO[C@H]1/C=C/O[C@@]2(C)Oc3c(C)c(O)c4c(O)c(c(/C=N/NC(=O)CN5CCN(c6ccc(C(F)(F)F)cc6)CC5)c(O)c4c3C2=O)NC(=O)/C(C)=C\C=C\[C@H](C)[C@H](O)[C@@H](C)[C@@H](O)[C@@H](C)[C@H](OC(C)=O)[C@@H]1C. The number of phenolic OH excluding ortho intramolecular Hbond substituents is 3. The number of nitrogens with zero attached hydrogens (tertiary/aromatic N) is 3. The number of aliphatic hydroxyl groups is 2. The van der Waals surface area contributed by atoms with Crippen LogP contribution in [0.2, 0.25) is 0 Å². The molecule has 4 aliphatic heterocycles. The Morgan fingerprint density at radius 1 is 0.931 bits per heavy atom. The maximum Gasteiger partial charge on any atom is 0.416 e. The zero-order chi connectivity index (χ0) is 53.1. The number of allylic oxidation sites excluding steroid dienone is 2. The molecule has 5 bridgehead atoms. The van der Waals surface area contributed by atoms with Crippen molar-refractivity contribution in [2.45, 2.75) is 91.8 Å². The Kier molecular flexibility index (Phi) is 16.7. The fourth-order valence-corrected chi connectivity index (χ4v) is 9.31. The second-order valence-electron chi connectivity index (χ2n) is 18.7. The number of halogens is 3. The molecule has 7 rings (SSSR count). The van der Waals surface area contributed by atoms with Gasteiger partial charge in [-0.15, -0.1) is 0 Å². The van der Waals surface area contributed by atoms with Crippen molar-refractivity contribution >= 4 is 51.9 Å².